The number of hydrogen-bond acceptors (Lipinski definition) is 3. The minimum Gasteiger partial charge on any atom is -0.382 e. The van der Waals surface area contributed by atoms with Crippen molar-refractivity contribution in [3.05, 3.63) is 0 Å². The molecule has 88 valence electrons. The predicted molar refractivity (Wildman–Crippen MR) is 57.6 cm³/mol. The smallest absolute Gasteiger partial charge is 0.248 e. The third-order valence-corrected chi connectivity index (χ3v) is 2.87. The normalized spacial score (nSPS) is 23.9. The molecule has 2 unspecified atom stereocenters. The van der Waals surface area contributed by atoms with Gasteiger partial charge >= 0.3 is 0 Å². The van der Waals surface area contributed by atoms with E-state index in [4.69, 9.17) is 9.47 Å². The van der Waals surface area contributed by atoms with Crippen molar-refractivity contribution in [3.63, 3.8) is 0 Å². The highest BCUT2D eigenvalue weighted by Gasteiger charge is 2.34. The van der Waals surface area contributed by atoms with E-state index in [-0.39, 0.29) is 12.5 Å². The van der Waals surface area contributed by atoms with Gasteiger partial charge in [0.25, 0.3) is 0 Å². The van der Waals surface area contributed by atoms with E-state index in [0.717, 1.165) is 12.5 Å². The van der Waals surface area contributed by atoms with Crippen LogP contribution in [0.2, 0.25) is 0 Å². The summed E-state index contributed by atoms with van der Waals surface area (Å²) < 4.78 is 9.99. The van der Waals surface area contributed by atoms with E-state index in [1.165, 1.54) is 6.42 Å². The van der Waals surface area contributed by atoms with Gasteiger partial charge in [-0.1, -0.05) is 6.92 Å². The van der Waals surface area contributed by atoms with Gasteiger partial charge in [0, 0.05) is 20.7 Å². The summed E-state index contributed by atoms with van der Waals surface area (Å²) in [6.45, 7) is 4.28. The first-order valence-corrected chi connectivity index (χ1v) is 5.45. The summed E-state index contributed by atoms with van der Waals surface area (Å²) in [6.07, 6.45) is 1.25. The Balaban J connectivity index is 2.05. The first-order valence-electron chi connectivity index (χ1n) is 5.45. The molecule has 0 spiro atoms. The molecule has 0 saturated heterocycles. The van der Waals surface area contributed by atoms with Crippen LogP contribution in [0.5, 0.6) is 0 Å². The molecule has 0 heterocycles. The second-order valence-corrected chi connectivity index (χ2v) is 4.29. The highest BCUT2D eigenvalue weighted by Crippen LogP contribution is 2.37. The predicted octanol–water partition coefficient (Wildman–Crippen LogP) is 0.764. The maximum Gasteiger partial charge on any atom is 0.248 e. The molecule has 1 aliphatic rings. The molecule has 1 fully saturated rings. The van der Waals surface area contributed by atoms with Crippen LogP contribution in [0.1, 0.15) is 13.3 Å². The maximum absolute atomic E-state index is 11.5. The number of amides is 1. The van der Waals surface area contributed by atoms with Crippen molar-refractivity contribution in [2.75, 3.05) is 40.5 Å². The van der Waals surface area contributed by atoms with Gasteiger partial charge in [0.2, 0.25) is 5.91 Å². The summed E-state index contributed by atoms with van der Waals surface area (Å²) in [5.41, 5.74) is 0. The quantitative estimate of drug-likeness (QED) is 0.589. The van der Waals surface area contributed by atoms with E-state index in [1.807, 2.05) is 7.05 Å². The molecule has 0 bridgehead atoms. The van der Waals surface area contributed by atoms with Crippen molar-refractivity contribution < 1.29 is 14.3 Å². The minimum atomic E-state index is 0.0604. The molecule has 1 saturated carbocycles. The van der Waals surface area contributed by atoms with Gasteiger partial charge in [-0.25, -0.2) is 0 Å². The molecule has 2 atom stereocenters. The van der Waals surface area contributed by atoms with Gasteiger partial charge in [0.1, 0.15) is 6.61 Å². The van der Waals surface area contributed by atoms with Gasteiger partial charge < -0.3 is 14.4 Å². The van der Waals surface area contributed by atoms with Gasteiger partial charge in [0.15, 0.2) is 0 Å². The molecule has 1 amide bonds. The fourth-order valence-electron chi connectivity index (χ4n) is 1.52. The number of likely N-dealkylation sites (N-methyl/N-ethyl adjacent to an activating group) is 1. The molecule has 0 aromatic heterocycles. The van der Waals surface area contributed by atoms with Crippen molar-refractivity contribution in [3.8, 4) is 0 Å². The topological polar surface area (TPSA) is 38.8 Å². The molecule has 0 radical (unpaired) electrons. The number of carbonyl (C=O) groups is 1. The Morgan fingerprint density at radius 2 is 2.13 bits per heavy atom. The Bertz CT molecular complexity index is 208. The van der Waals surface area contributed by atoms with E-state index in [9.17, 15) is 4.79 Å². The molecule has 4 nitrogen and oxygen atoms in total. The molecule has 0 N–H and O–H groups in total. The summed E-state index contributed by atoms with van der Waals surface area (Å²) in [5.74, 6) is 1.55. The van der Waals surface area contributed by atoms with Crippen LogP contribution in [-0.4, -0.2) is 51.3 Å². The van der Waals surface area contributed by atoms with E-state index >= 15 is 0 Å². The van der Waals surface area contributed by atoms with Gasteiger partial charge in [-0.2, -0.15) is 0 Å². The molecule has 1 rings (SSSR count). The first kappa shape index (κ1) is 12.5. The highest BCUT2D eigenvalue weighted by molar-refractivity contribution is 5.77. The zero-order valence-electron chi connectivity index (χ0n) is 9.86. The molecule has 0 aromatic carbocycles. The molecule has 15 heavy (non-hydrogen) atoms. The zero-order valence-corrected chi connectivity index (χ0v) is 9.86. The molecular weight excluding hydrogens is 194 g/mol. The Hall–Kier alpha value is -0.610. The van der Waals surface area contributed by atoms with Crippen LogP contribution in [0.15, 0.2) is 0 Å². The largest absolute Gasteiger partial charge is 0.382 e. The van der Waals surface area contributed by atoms with Crippen molar-refractivity contribution in [1.82, 2.24) is 4.90 Å². The van der Waals surface area contributed by atoms with Crippen LogP contribution in [0.25, 0.3) is 0 Å². The fourth-order valence-corrected chi connectivity index (χ4v) is 1.52. The molecule has 4 heteroatoms. The van der Waals surface area contributed by atoms with E-state index in [1.54, 1.807) is 12.0 Å². The van der Waals surface area contributed by atoms with Gasteiger partial charge in [-0.3, -0.25) is 4.79 Å². The molecule has 1 aliphatic carbocycles. The van der Waals surface area contributed by atoms with Crippen LogP contribution in [0.3, 0.4) is 0 Å². The van der Waals surface area contributed by atoms with Crippen LogP contribution < -0.4 is 0 Å². The molecule has 0 aliphatic heterocycles. The number of rotatable bonds is 7. The number of nitrogens with zero attached hydrogens (tertiary/aromatic N) is 1. The monoisotopic (exact) mass is 215 g/mol. The third-order valence-electron chi connectivity index (χ3n) is 2.87. The van der Waals surface area contributed by atoms with Crippen molar-refractivity contribution in [2.24, 2.45) is 11.8 Å². The van der Waals surface area contributed by atoms with E-state index in [2.05, 4.69) is 6.92 Å². The van der Waals surface area contributed by atoms with Gasteiger partial charge in [0.05, 0.1) is 13.2 Å². The van der Waals surface area contributed by atoms with Crippen LogP contribution in [-0.2, 0) is 14.3 Å². The van der Waals surface area contributed by atoms with Crippen molar-refractivity contribution >= 4 is 5.91 Å². The lowest BCUT2D eigenvalue weighted by Crippen LogP contribution is -2.32. The average Bonchev–Trinajstić information content (AvgIpc) is 2.88. The van der Waals surface area contributed by atoms with Crippen molar-refractivity contribution in [2.45, 2.75) is 13.3 Å². The average molecular weight is 215 g/mol. The maximum atomic E-state index is 11.5. The lowest BCUT2D eigenvalue weighted by molar-refractivity contribution is -0.135. The second kappa shape index (κ2) is 6.08. The van der Waals surface area contributed by atoms with Crippen LogP contribution >= 0.6 is 0 Å². The van der Waals surface area contributed by atoms with Crippen LogP contribution in [0, 0.1) is 11.8 Å². The standard InChI is InChI=1S/C11H21NO3/c1-9-6-10(9)7-12(2)11(13)8-15-5-4-14-3/h9-10H,4-8H2,1-3H3. The summed E-state index contributed by atoms with van der Waals surface area (Å²) >= 11 is 0. The highest BCUT2D eigenvalue weighted by atomic mass is 16.5. The molecular formula is C11H21NO3. The van der Waals surface area contributed by atoms with Gasteiger partial charge in [-0.05, 0) is 18.3 Å². The first-order chi connectivity index (χ1) is 7.15. The van der Waals surface area contributed by atoms with Gasteiger partial charge in [-0.15, -0.1) is 0 Å². The lowest BCUT2D eigenvalue weighted by Gasteiger charge is -2.16. The summed E-state index contributed by atoms with van der Waals surface area (Å²) in [7, 11) is 3.46. The Morgan fingerprint density at radius 3 is 2.67 bits per heavy atom. The number of carbonyl (C=O) groups excluding carboxylic acids is 1. The lowest BCUT2D eigenvalue weighted by atomic mass is 10.3. The Morgan fingerprint density at radius 1 is 1.47 bits per heavy atom. The number of hydrogen-bond donors (Lipinski definition) is 0. The SMILES string of the molecule is COCCOCC(=O)N(C)CC1CC1C. The minimum absolute atomic E-state index is 0.0604. The van der Waals surface area contributed by atoms with Crippen molar-refractivity contribution in [1.29, 1.82) is 0 Å². The summed E-state index contributed by atoms with van der Waals surface area (Å²) in [6, 6.07) is 0. The molecule has 0 aromatic rings. The Labute approximate surface area is 91.5 Å². The Kier molecular flexibility index (Phi) is 5.05. The van der Waals surface area contributed by atoms with E-state index < -0.39 is 0 Å². The summed E-state index contributed by atoms with van der Waals surface area (Å²) in [5, 5.41) is 0. The fraction of sp³-hybridized carbons (Fsp3) is 0.909. The number of ether oxygens (including phenoxy) is 2. The zero-order chi connectivity index (χ0) is 11.3. The van der Waals surface area contributed by atoms with E-state index in [0.29, 0.717) is 19.1 Å². The van der Waals surface area contributed by atoms with Crippen LogP contribution in [0.4, 0.5) is 0 Å². The summed E-state index contributed by atoms with van der Waals surface area (Å²) in [4.78, 5) is 13.3. The number of methoxy groups -OCH3 is 1. The second-order valence-electron chi connectivity index (χ2n) is 4.29. The third kappa shape index (κ3) is 4.62.